The molecule has 0 saturated carbocycles. The summed E-state index contributed by atoms with van der Waals surface area (Å²) < 4.78 is 32.5. The van der Waals surface area contributed by atoms with E-state index >= 15 is 0 Å². The number of nitrogens with zero attached hydrogens (tertiary/aromatic N) is 1. The van der Waals surface area contributed by atoms with E-state index in [0.717, 1.165) is 29.7 Å². The lowest BCUT2D eigenvalue weighted by molar-refractivity contribution is -0.140. The van der Waals surface area contributed by atoms with Crippen LogP contribution in [0.3, 0.4) is 0 Å². The lowest BCUT2D eigenvalue weighted by Gasteiger charge is -2.24. The van der Waals surface area contributed by atoms with Gasteiger partial charge in [-0.3, -0.25) is 14.4 Å². The van der Waals surface area contributed by atoms with E-state index in [0.29, 0.717) is 13.0 Å². The number of rotatable bonds is 7. The van der Waals surface area contributed by atoms with Crippen molar-refractivity contribution in [2.45, 2.75) is 69.4 Å². The van der Waals surface area contributed by atoms with Gasteiger partial charge in [0.05, 0.1) is 10.9 Å². The Hall–Kier alpha value is -2.63. The Bertz CT molecular complexity index is 1130. The van der Waals surface area contributed by atoms with Crippen molar-refractivity contribution in [1.82, 2.24) is 19.7 Å². The molecule has 35 heavy (non-hydrogen) atoms. The number of aromatic nitrogens is 1. The van der Waals surface area contributed by atoms with E-state index in [4.69, 9.17) is 0 Å². The van der Waals surface area contributed by atoms with Crippen LogP contribution in [0.2, 0.25) is 0 Å². The van der Waals surface area contributed by atoms with Crippen molar-refractivity contribution in [2.75, 3.05) is 6.54 Å². The third-order valence-electron chi connectivity index (χ3n) is 5.78. The smallest absolute Gasteiger partial charge is 0.289 e. The first-order valence-electron chi connectivity index (χ1n) is 11.8. The molecule has 0 bridgehead atoms. The van der Waals surface area contributed by atoms with Gasteiger partial charge in [0, 0.05) is 17.6 Å². The van der Waals surface area contributed by atoms with Crippen molar-refractivity contribution in [2.24, 2.45) is 5.92 Å². The Kier molecular flexibility index (Phi) is 9.53. The van der Waals surface area contributed by atoms with Crippen LogP contribution in [0, 0.1) is 5.92 Å². The number of sulfonamides is 1. The van der Waals surface area contributed by atoms with E-state index in [1.807, 2.05) is 13.8 Å². The van der Waals surface area contributed by atoms with Gasteiger partial charge < -0.3 is 10.6 Å². The van der Waals surface area contributed by atoms with Gasteiger partial charge in [0.1, 0.15) is 6.04 Å². The molecule has 1 aliphatic rings. The largest absolute Gasteiger partial charge is 0.349 e. The molecule has 2 amide bonds. The van der Waals surface area contributed by atoms with E-state index in [9.17, 15) is 22.8 Å². The van der Waals surface area contributed by atoms with Crippen molar-refractivity contribution in [3.63, 3.8) is 0 Å². The van der Waals surface area contributed by atoms with Gasteiger partial charge in [0.15, 0.2) is 0 Å². The second kappa shape index (κ2) is 12.4. The summed E-state index contributed by atoms with van der Waals surface area (Å²) in [6, 6.07) is 5.61. The first-order chi connectivity index (χ1) is 16.7. The third-order valence-corrected chi connectivity index (χ3v) is 8.16. The minimum Gasteiger partial charge on any atom is -0.349 e. The van der Waals surface area contributed by atoms with E-state index in [1.54, 1.807) is 24.4 Å². The normalized spacial score (nSPS) is 18.7. The molecule has 190 valence electrons. The van der Waals surface area contributed by atoms with Crippen molar-refractivity contribution in [3.05, 3.63) is 47.0 Å². The number of carbonyl (C=O) groups excluding carboxylic acids is 3. The number of hydrogen-bond acceptors (Lipinski definition) is 7. The molecule has 0 radical (unpaired) electrons. The number of amides is 2. The summed E-state index contributed by atoms with van der Waals surface area (Å²) in [7, 11) is -3.96. The second-order valence-corrected chi connectivity index (χ2v) is 11.7. The molecule has 0 fully saturated rings. The highest BCUT2D eigenvalue weighted by atomic mass is 32.2. The molecule has 9 nitrogen and oxygen atoms in total. The molecule has 0 saturated heterocycles. The zero-order valence-corrected chi connectivity index (χ0v) is 21.6. The predicted molar refractivity (Wildman–Crippen MR) is 133 cm³/mol. The van der Waals surface area contributed by atoms with Crippen LogP contribution in [0.1, 0.15) is 50.0 Å². The standard InChI is InChI=1S/C24H32N4O5S2/c1-16(2)14-20(28-35(32,33)18-8-4-3-5-9-18)23(30)27-19-12-11-17-15-26-34-21(17)10-6-7-13-25-24(31)22(19)29/h3-5,8-9,15-16,19-20,28H,6-7,10-14H2,1-2H3,(H,25,31)(H,27,30). The van der Waals surface area contributed by atoms with E-state index in [-0.39, 0.29) is 23.7 Å². The van der Waals surface area contributed by atoms with Crippen molar-refractivity contribution in [1.29, 1.82) is 0 Å². The molecule has 3 N–H and O–H groups in total. The van der Waals surface area contributed by atoms with Gasteiger partial charge in [-0.05, 0) is 73.7 Å². The first-order valence-corrected chi connectivity index (χ1v) is 14.0. The molecular formula is C24H32N4O5S2. The summed E-state index contributed by atoms with van der Waals surface area (Å²) in [5.41, 5.74) is 1.01. The topological polar surface area (TPSA) is 134 Å². The van der Waals surface area contributed by atoms with Crippen LogP contribution in [0.15, 0.2) is 41.4 Å². The van der Waals surface area contributed by atoms with Crippen molar-refractivity contribution in [3.8, 4) is 0 Å². The zero-order valence-electron chi connectivity index (χ0n) is 20.0. The van der Waals surface area contributed by atoms with Gasteiger partial charge in [-0.15, -0.1) is 0 Å². The van der Waals surface area contributed by atoms with Crippen LogP contribution in [0.25, 0.3) is 0 Å². The molecule has 1 aromatic heterocycles. The summed E-state index contributed by atoms with van der Waals surface area (Å²) in [5, 5.41) is 5.29. The molecule has 2 heterocycles. The fraction of sp³-hybridized carbons (Fsp3) is 0.500. The van der Waals surface area contributed by atoms with Crippen LogP contribution in [-0.2, 0) is 37.2 Å². The molecule has 11 heteroatoms. The number of fused-ring (bicyclic) bond motifs is 1. The molecule has 2 aromatic rings. The van der Waals surface area contributed by atoms with Crippen LogP contribution >= 0.6 is 11.5 Å². The summed E-state index contributed by atoms with van der Waals surface area (Å²) in [4.78, 5) is 39.8. The maximum atomic E-state index is 13.2. The third kappa shape index (κ3) is 7.68. The van der Waals surface area contributed by atoms with E-state index < -0.39 is 39.7 Å². The lowest BCUT2D eigenvalue weighted by Crippen LogP contribution is -2.54. The van der Waals surface area contributed by atoms with Gasteiger partial charge >= 0.3 is 0 Å². The summed E-state index contributed by atoms with van der Waals surface area (Å²) in [5.74, 6) is -2.12. The fourth-order valence-corrected chi connectivity index (χ4v) is 5.97. The fourth-order valence-electron chi connectivity index (χ4n) is 3.93. The molecule has 0 spiro atoms. The number of nitrogens with one attached hydrogen (secondary N) is 3. The minimum atomic E-state index is -3.96. The molecule has 1 aromatic carbocycles. The highest BCUT2D eigenvalue weighted by molar-refractivity contribution is 7.89. The molecule has 1 aliphatic heterocycles. The number of hydrogen-bond donors (Lipinski definition) is 3. The second-order valence-electron chi connectivity index (χ2n) is 9.07. The van der Waals surface area contributed by atoms with Gasteiger partial charge in [-0.25, -0.2) is 12.8 Å². The summed E-state index contributed by atoms with van der Waals surface area (Å²) >= 11 is 1.42. The van der Waals surface area contributed by atoms with Crippen LogP contribution in [0.4, 0.5) is 0 Å². The predicted octanol–water partition coefficient (Wildman–Crippen LogP) is 1.98. The maximum absolute atomic E-state index is 13.2. The zero-order chi connectivity index (χ0) is 25.4. The van der Waals surface area contributed by atoms with Crippen LogP contribution in [0.5, 0.6) is 0 Å². The Balaban J connectivity index is 1.80. The average molecular weight is 521 g/mol. The number of aryl methyl sites for hydroxylation is 2. The lowest BCUT2D eigenvalue weighted by atomic mass is 9.99. The van der Waals surface area contributed by atoms with Crippen molar-refractivity contribution >= 4 is 39.2 Å². The van der Waals surface area contributed by atoms with Gasteiger partial charge in [-0.1, -0.05) is 32.0 Å². The Labute approximate surface area is 210 Å². The molecule has 3 rings (SSSR count). The average Bonchev–Trinajstić information content (AvgIpc) is 3.27. The Morgan fingerprint density at radius 2 is 1.91 bits per heavy atom. The van der Waals surface area contributed by atoms with E-state index in [1.165, 1.54) is 23.7 Å². The number of Topliss-reactive ketones (excluding diaryl/α,β-unsaturated/α-hetero) is 1. The van der Waals surface area contributed by atoms with Gasteiger partial charge in [0.2, 0.25) is 21.7 Å². The number of ketones is 1. The number of carbonyl (C=O) groups is 3. The van der Waals surface area contributed by atoms with E-state index in [2.05, 4.69) is 19.7 Å². The number of benzene rings is 1. The van der Waals surface area contributed by atoms with Gasteiger partial charge in [-0.2, -0.15) is 4.72 Å². The maximum Gasteiger partial charge on any atom is 0.289 e. The molecule has 2 atom stereocenters. The molecular weight excluding hydrogens is 488 g/mol. The SMILES string of the molecule is CC(C)CC(NS(=O)(=O)c1ccccc1)C(=O)NC1CCc2cnsc2CCCCNC(=O)C1=O. The van der Waals surface area contributed by atoms with Gasteiger partial charge in [0.25, 0.3) is 5.91 Å². The Morgan fingerprint density at radius 3 is 2.63 bits per heavy atom. The highest BCUT2D eigenvalue weighted by Gasteiger charge is 2.32. The molecule has 2 unspecified atom stereocenters. The quantitative estimate of drug-likeness (QED) is 0.478. The Morgan fingerprint density at radius 1 is 1.17 bits per heavy atom. The minimum absolute atomic E-state index is 0.000953. The van der Waals surface area contributed by atoms with Crippen LogP contribution in [-0.4, -0.2) is 49.0 Å². The first kappa shape index (κ1) is 27.0. The highest BCUT2D eigenvalue weighted by Crippen LogP contribution is 2.20. The summed E-state index contributed by atoms with van der Waals surface area (Å²) in [6.07, 6.45) is 5.13. The molecule has 0 aliphatic carbocycles. The van der Waals surface area contributed by atoms with Crippen molar-refractivity contribution < 1.29 is 22.8 Å². The van der Waals surface area contributed by atoms with Crippen LogP contribution < -0.4 is 15.4 Å². The summed E-state index contributed by atoms with van der Waals surface area (Å²) in [6.45, 7) is 4.11. The monoisotopic (exact) mass is 520 g/mol.